The zero-order chi connectivity index (χ0) is 14.4. The van der Waals surface area contributed by atoms with E-state index in [0.717, 1.165) is 12.8 Å². The number of unbranched alkanes of at least 4 members (excludes halogenated alkanes) is 1. The fourth-order valence-corrected chi connectivity index (χ4v) is 1.68. The topological polar surface area (TPSA) is 74.1 Å². The summed E-state index contributed by atoms with van der Waals surface area (Å²) in [6.07, 6.45) is 3.82. The fraction of sp³-hybridized carbons (Fsp3) is 0.286. The molecule has 6 nitrogen and oxygen atoms in total. The predicted octanol–water partition coefficient (Wildman–Crippen LogP) is 2.04. The van der Waals surface area contributed by atoms with Gasteiger partial charge in [-0.05, 0) is 24.6 Å². The van der Waals surface area contributed by atoms with Crippen LogP contribution in [0.3, 0.4) is 0 Å². The van der Waals surface area contributed by atoms with Crippen molar-refractivity contribution in [2.75, 3.05) is 6.61 Å². The molecule has 20 heavy (non-hydrogen) atoms. The number of rotatable bonds is 6. The highest BCUT2D eigenvalue weighted by atomic mass is 16.5. The second-order valence-electron chi connectivity index (χ2n) is 4.23. The number of ether oxygens (including phenoxy) is 1. The van der Waals surface area contributed by atoms with Crippen molar-refractivity contribution in [2.45, 2.75) is 19.8 Å². The lowest BCUT2D eigenvalue weighted by molar-refractivity contribution is 0.0499. The van der Waals surface area contributed by atoms with Gasteiger partial charge in [0.15, 0.2) is 6.29 Å². The van der Waals surface area contributed by atoms with Crippen LogP contribution in [0.1, 0.15) is 40.6 Å². The highest BCUT2D eigenvalue weighted by Crippen LogP contribution is 2.12. The van der Waals surface area contributed by atoms with Gasteiger partial charge in [-0.1, -0.05) is 24.6 Å². The summed E-state index contributed by atoms with van der Waals surface area (Å²) < 4.78 is 6.51. The minimum absolute atomic E-state index is 0.321. The maximum atomic E-state index is 11.9. The van der Waals surface area contributed by atoms with E-state index in [-0.39, 0.29) is 5.97 Å². The molecule has 0 radical (unpaired) electrons. The Hall–Kier alpha value is -2.50. The van der Waals surface area contributed by atoms with E-state index in [1.54, 1.807) is 24.3 Å². The summed E-state index contributed by atoms with van der Waals surface area (Å²) in [7, 11) is 0. The largest absolute Gasteiger partial charge is 0.462 e. The molecule has 0 aliphatic rings. The molecule has 6 heteroatoms. The number of carbonyl (C=O) groups excluding carboxylic acids is 2. The zero-order valence-corrected chi connectivity index (χ0v) is 11.2. The van der Waals surface area contributed by atoms with Crippen LogP contribution in [0.25, 0.3) is 5.69 Å². The molecule has 0 fully saturated rings. The summed E-state index contributed by atoms with van der Waals surface area (Å²) in [5, 5.41) is 7.49. The van der Waals surface area contributed by atoms with Gasteiger partial charge in [-0.3, -0.25) is 4.79 Å². The second kappa shape index (κ2) is 6.60. The van der Waals surface area contributed by atoms with Crippen molar-refractivity contribution in [3.63, 3.8) is 0 Å². The van der Waals surface area contributed by atoms with Crippen LogP contribution in [-0.4, -0.2) is 33.9 Å². The number of aldehydes is 1. The number of carbonyl (C=O) groups is 2. The lowest BCUT2D eigenvalue weighted by atomic mass is 10.2. The smallest absolute Gasteiger partial charge is 0.338 e. The molecule has 0 saturated carbocycles. The molecule has 1 aromatic carbocycles. The van der Waals surface area contributed by atoms with Crippen molar-refractivity contribution in [3.05, 3.63) is 41.7 Å². The van der Waals surface area contributed by atoms with E-state index >= 15 is 0 Å². The van der Waals surface area contributed by atoms with Crippen LogP contribution in [0, 0.1) is 0 Å². The van der Waals surface area contributed by atoms with Gasteiger partial charge < -0.3 is 4.74 Å². The molecule has 2 rings (SSSR count). The van der Waals surface area contributed by atoms with E-state index in [4.69, 9.17) is 4.74 Å². The summed E-state index contributed by atoms with van der Waals surface area (Å²) >= 11 is 0. The molecule has 0 atom stereocenters. The third-order valence-corrected chi connectivity index (χ3v) is 2.75. The second-order valence-corrected chi connectivity index (χ2v) is 4.23. The zero-order valence-electron chi connectivity index (χ0n) is 11.2. The van der Waals surface area contributed by atoms with Crippen molar-refractivity contribution in [2.24, 2.45) is 0 Å². The monoisotopic (exact) mass is 273 g/mol. The third kappa shape index (κ3) is 3.09. The van der Waals surface area contributed by atoms with E-state index in [1.807, 2.05) is 6.92 Å². The highest BCUT2D eigenvalue weighted by Gasteiger charge is 2.10. The van der Waals surface area contributed by atoms with Crippen LogP contribution in [0.4, 0.5) is 0 Å². The summed E-state index contributed by atoms with van der Waals surface area (Å²) in [5.74, 6) is -0.381. The van der Waals surface area contributed by atoms with E-state index < -0.39 is 0 Å². The molecule has 104 valence electrons. The van der Waals surface area contributed by atoms with Gasteiger partial charge in [0.1, 0.15) is 5.69 Å². The minimum Gasteiger partial charge on any atom is -0.462 e. The van der Waals surface area contributed by atoms with Crippen LogP contribution in [0.5, 0.6) is 0 Å². The van der Waals surface area contributed by atoms with Crippen molar-refractivity contribution in [1.29, 1.82) is 0 Å². The van der Waals surface area contributed by atoms with E-state index in [0.29, 0.717) is 29.8 Å². The van der Waals surface area contributed by atoms with Crippen molar-refractivity contribution in [1.82, 2.24) is 15.0 Å². The Morgan fingerprint density at radius 3 is 3.05 bits per heavy atom. The number of aromatic nitrogens is 3. The Bertz CT molecular complexity index is 607. The molecule has 0 spiro atoms. The van der Waals surface area contributed by atoms with Crippen LogP contribution in [0.15, 0.2) is 30.5 Å². The first-order chi connectivity index (χ1) is 9.76. The number of hydrogen-bond donors (Lipinski definition) is 0. The maximum absolute atomic E-state index is 11.9. The van der Waals surface area contributed by atoms with E-state index in [9.17, 15) is 9.59 Å². The van der Waals surface area contributed by atoms with Crippen LogP contribution in [0.2, 0.25) is 0 Å². The molecular formula is C14H15N3O3. The Morgan fingerprint density at radius 2 is 2.30 bits per heavy atom. The SMILES string of the molecule is CCCCOC(=O)c1cccc(-n2nncc2C=O)c1. The van der Waals surface area contributed by atoms with Gasteiger partial charge in [0.05, 0.1) is 24.1 Å². The molecule has 0 saturated heterocycles. The molecule has 0 amide bonds. The molecule has 2 aromatic rings. The molecular weight excluding hydrogens is 258 g/mol. The molecule has 1 aromatic heterocycles. The van der Waals surface area contributed by atoms with Crippen molar-refractivity contribution in [3.8, 4) is 5.69 Å². The van der Waals surface area contributed by atoms with E-state index in [1.165, 1.54) is 10.9 Å². The first-order valence-electron chi connectivity index (χ1n) is 6.39. The summed E-state index contributed by atoms with van der Waals surface area (Å²) in [5.41, 5.74) is 1.34. The van der Waals surface area contributed by atoms with Gasteiger partial charge >= 0.3 is 5.97 Å². The molecule has 0 aliphatic heterocycles. The average molecular weight is 273 g/mol. The normalized spacial score (nSPS) is 10.2. The molecule has 0 bridgehead atoms. The Kier molecular flexibility index (Phi) is 4.60. The van der Waals surface area contributed by atoms with Gasteiger partial charge in [0.25, 0.3) is 0 Å². The van der Waals surface area contributed by atoms with Gasteiger partial charge in [-0.2, -0.15) is 0 Å². The number of esters is 1. The van der Waals surface area contributed by atoms with Crippen LogP contribution >= 0.6 is 0 Å². The number of nitrogens with zero attached hydrogens (tertiary/aromatic N) is 3. The van der Waals surface area contributed by atoms with E-state index in [2.05, 4.69) is 10.3 Å². The third-order valence-electron chi connectivity index (χ3n) is 2.75. The first kappa shape index (κ1) is 13.9. The average Bonchev–Trinajstić information content (AvgIpc) is 2.96. The summed E-state index contributed by atoms with van der Waals surface area (Å²) in [6.45, 7) is 2.43. The fourth-order valence-electron chi connectivity index (χ4n) is 1.68. The Morgan fingerprint density at radius 1 is 1.45 bits per heavy atom. The molecule has 0 aliphatic carbocycles. The first-order valence-corrected chi connectivity index (χ1v) is 6.39. The van der Waals surface area contributed by atoms with Crippen LogP contribution in [-0.2, 0) is 4.74 Å². The summed E-state index contributed by atoms with van der Waals surface area (Å²) in [6, 6.07) is 6.73. The van der Waals surface area contributed by atoms with Crippen molar-refractivity contribution < 1.29 is 14.3 Å². The summed E-state index contributed by atoms with van der Waals surface area (Å²) in [4.78, 5) is 22.7. The predicted molar refractivity (Wildman–Crippen MR) is 71.9 cm³/mol. The Labute approximate surface area is 116 Å². The van der Waals surface area contributed by atoms with Crippen molar-refractivity contribution >= 4 is 12.3 Å². The number of hydrogen-bond acceptors (Lipinski definition) is 5. The molecule has 0 N–H and O–H groups in total. The molecule has 0 unspecified atom stereocenters. The lowest BCUT2D eigenvalue weighted by Crippen LogP contribution is -2.08. The lowest BCUT2D eigenvalue weighted by Gasteiger charge is -2.06. The van der Waals surface area contributed by atoms with Gasteiger partial charge in [-0.25, -0.2) is 9.48 Å². The maximum Gasteiger partial charge on any atom is 0.338 e. The quantitative estimate of drug-likeness (QED) is 0.457. The minimum atomic E-state index is -0.381. The van der Waals surface area contributed by atoms with Gasteiger partial charge in [0, 0.05) is 0 Å². The Balaban J connectivity index is 2.20. The number of benzene rings is 1. The van der Waals surface area contributed by atoms with Gasteiger partial charge in [0.2, 0.25) is 0 Å². The van der Waals surface area contributed by atoms with Gasteiger partial charge in [-0.15, -0.1) is 5.10 Å². The standard InChI is InChI=1S/C14H15N3O3/c1-2-3-7-20-14(19)11-5-4-6-12(8-11)17-13(10-18)9-15-16-17/h4-6,8-10H,2-3,7H2,1H3. The highest BCUT2D eigenvalue weighted by molar-refractivity contribution is 5.90. The molecule has 1 heterocycles. The van der Waals surface area contributed by atoms with Crippen LogP contribution < -0.4 is 0 Å².